The van der Waals surface area contributed by atoms with Gasteiger partial charge in [-0.2, -0.15) is 0 Å². The number of carbonyl (C=O) groups excluding carboxylic acids is 2. The van der Waals surface area contributed by atoms with Crippen molar-refractivity contribution in [3.05, 3.63) is 53.6 Å². The molecule has 30 heavy (non-hydrogen) atoms. The van der Waals surface area contributed by atoms with Gasteiger partial charge < -0.3 is 19.7 Å². The monoisotopic (exact) mass is 428 g/mol. The molecule has 1 saturated heterocycles. The van der Waals surface area contributed by atoms with Crippen molar-refractivity contribution in [3.8, 4) is 11.5 Å². The lowest BCUT2D eigenvalue weighted by molar-refractivity contribution is -0.122. The predicted molar refractivity (Wildman–Crippen MR) is 119 cm³/mol. The highest BCUT2D eigenvalue weighted by Crippen LogP contribution is 2.28. The van der Waals surface area contributed by atoms with E-state index in [0.29, 0.717) is 47.9 Å². The number of benzene rings is 2. The molecular formula is C23H28N2O4S. The Balaban J connectivity index is 1.45. The average Bonchev–Trinajstić information content (AvgIpc) is 2.78. The fourth-order valence-electron chi connectivity index (χ4n) is 3.65. The normalized spacial score (nSPS) is 14.3. The van der Waals surface area contributed by atoms with Crippen LogP contribution in [0, 0.1) is 0 Å². The summed E-state index contributed by atoms with van der Waals surface area (Å²) in [4.78, 5) is 27.6. The highest BCUT2D eigenvalue weighted by Gasteiger charge is 2.25. The summed E-state index contributed by atoms with van der Waals surface area (Å²) in [6.45, 7) is 1.25. The van der Waals surface area contributed by atoms with Gasteiger partial charge in [-0.25, -0.2) is 0 Å². The number of ether oxygens (including phenoxy) is 2. The van der Waals surface area contributed by atoms with Crippen molar-refractivity contribution < 1.29 is 19.1 Å². The minimum atomic E-state index is -0.00108. The van der Waals surface area contributed by atoms with Crippen molar-refractivity contribution in [2.45, 2.75) is 36.6 Å². The molecule has 2 aromatic carbocycles. The molecule has 0 atom stereocenters. The molecule has 0 spiro atoms. The maximum absolute atomic E-state index is 12.7. The van der Waals surface area contributed by atoms with Gasteiger partial charge in [0.25, 0.3) is 5.91 Å². The third-order valence-electron chi connectivity index (χ3n) is 5.37. The van der Waals surface area contributed by atoms with Gasteiger partial charge in [0.1, 0.15) is 0 Å². The summed E-state index contributed by atoms with van der Waals surface area (Å²) in [7, 11) is 3.20. The Hall–Kier alpha value is -2.67. The van der Waals surface area contributed by atoms with E-state index in [-0.39, 0.29) is 17.9 Å². The maximum Gasteiger partial charge on any atom is 0.254 e. The van der Waals surface area contributed by atoms with Gasteiger partial charge in [0.2, 0.25) is 5.91 Å². The number of nitrogens with one attached hydrogen (secondary N) is 1. The molecule has 0 bridgehead atoms. The first-order valence-corrected chi connectivity index (χ1v) is 10.5. The first kappa shape index (κ1) is 22.0. The van der Waals surface area contributed by atoms with Gasteiger partial charge in [0.15, 0.2) is 11.5 Å². The van der Waals surface area contributed by atoms with Crippen LogP contribution in [0.5, 0.6) is 11.5 Å². The second-order valence-electron chi connectivity index (χ2n) is 7.34. The molecule has 1 aliphatic rings. The van der Waals surface area contributed by atoms with Gasteiger partial charge in [0, 0.05) is 30.4 Å². The first-order chi connectivity index (χ1) is 14.5. The summed E-state index contributed by atoms with van der Waals surface area (Å²) in [5.41, 5.74) is 1.65. The molecule has 1 heterocycles. The van der Waals surface area contributed by atoms with Crippen LogP contribution in [0.3, 0.4) is 0 Å². The molecule has 2 aromatic rings. The minimum absolute atomic E-state index is 0.00108. The lowest BCUT2D eigenvalue weighted by Crippen LogP contribution is -2.46. The standard InChI is InChI=1S/C23H28N2O4S/c1-28-19-9-7-16(15-20(19)29-2)8-10-22(26)24-17-11-13-25(14-12-17)23(27)18-5-3-4-6-21(18)30/h3-7,9,15,17,30H,8,10-14H2,1-2H3,(H,24,26). The number of likely N-dealkylation sites (tertiary alicyclic amines) is 1. The van der Waals surface area contributed by atoms with Crippen LogP contribution in [-0.4, -0.2) is 50.1 Å². The second kappa shape index (κ2) is 10.4. The average molecular weight is 429 g/mol. The molecule has 7 heteroatoms. The summed E-state index contributed by atoms with van der Waals surface area (Å²) in [5, 5.41) is 3.10. The second-order valence-corrected chi connectivity index (χ2v) is 7.82. The number of hydrogen-bond donors (Lipinski definition) is 2. The van der Waals surface area contributed by atoms with Crippen molar-refractivity contribution in [1.29, 1.82) is 0 Å². The molecule has 0 radical (unpaired) electrons. The molecule has 1 N–H and O–H groups in total. The van der Waals surface area contributed by atoms with Crippen LogP contribution in [0.4, 0.5) is 0 Å². The number of hydrogen-bond acceptors (Lipinski definition) is 5. The van der Waals surface area contributed by atoms with Gasteiger partial charge >= 0.3 is 0 Å². The molecule has 0 saturated carbocycles. The van der Waals surface area contributed by atoms with E-state index in [1.807, 2.05) is 41.3 Å². The van der Waals surface area contributed by atoms with Gasteiger partial charge in [-0.1, -0.05) is 18.2 Å². The summed E-state index contributed by atoms with van der Waals surface area (Å²) < 4.78 is 10.6. The Bertz CT molecular complexity index is 895. The highest BCUT2D eigenvalue weighted by molar-refractivity contribution is 7.80. The molecule has 0 aromatic heterocycles. The minimum Gasteiger partial charge on any atom is -0.493 e. The topological polar surface area (TPSA) is 67.9 Å². The lowest BCUT2D eigenvalue weighted by Gasteiger charge is -2.32. The van der Waals surface area contributed by atoms with Crippen molar-refractivity contribution in [2.75, 3.05) is 27.3 Å². The van der Waals surface area contributed by atoms with Crippen molar-refractivity contribution >= 4 is 24.4 Å². The van der Waals surface area contributed by atoms with E-state index in [0.717, 1.165) is 18.4 Å². The van der Waals surface area contributed by atoms with Gasteiger partial charge in [-0.05, 0) is 49.1 Å². The van der Waals surface area contributed by atoms with Crippen LogP contribution >= 0.6 is 12.6 Å². The summed E-state index contributed by atoms with van der Waals surface area (Å²) >= 11 is 4.38. The Labute approximate surface area is 183 Å². The third-order valence-corrected chi connectivity index (χ3v) is 5.76. The van der Waals surface area contributed by atoms with E-state index < -0.39 is 0 Å². The highest BCUT2D eigenvalue weighted by atomic mass is 32.1. The van der Waals surface area contributed by atoms with Crippen LogP contribution in [0.25, 0.3) is 0 Å². The first-order valence-electron chi connectivity index (χ1n) is 10.1. The Morgan fingerprint density at radius 1 is 1.07 bits per heavy atom. The maximum atomic E-state index is 12.7. The number of amides is 2. The quantitative estimate of drug-likeness (QED) is 0.664. The number of carbonyl (C=O) groups is 2. The number of piperidine rings is 1. The van der Waals surface area contributed by atoms with E-state index in [1.54, 1.807) is 20.3 Å². The van der Waals surface area contributed by atoms with Gasteiger partial charge in [-0.15, -0.1) is 12.6 Å². The van der Waals surface area contributed by atoms with E-state index in [4.69, 9.17) is 9.47 Å². The van der Waals surface area contributed by atoms with E-state index in [2.05, 4.69) is 17.9 Å². The zero-order valence-corrected chi connectivity index (χ0v) is 18.3. The number of aryl methyl sites for hydroxylation is 1. The smallest absolute Gasteiger partial charge is 0.254 e. The largest absolute Gasteiger partial charge is 0.493 e. The van der Waals surface area contributed by atoms with Crippen molar-refractivity contribution in [3.63, 3.8) is 0 Å². The Morgan fingerprint density at radius 2 is 1.77 bits per heavy atom. The molecule has 2 amide bonds. The van der Waals surface area contributed by atoms with Gasteiger partial charge in [0.05, 0.1) is 19.8 Å². The fraction of sp³-hybridized carbons (Fsp3) is 0.391. The molecule has 1 fully saturated rings. The number of nitrogens with zero attached hydrogens (tertiary/aromatic N) is 1. The molecule has 3 rings (SSSR count). The predicted octanol–water partition coefficient (Wildman–Crippen LogP) is 3.35. The zero-order chi connectivity index (χ0) is 21.5. The number of methoxy groups -OCH3 is 2. The van der Waals surface area contributed by atoms with Crippen LogP contribution in [0.2, 0.25) is 0 Å². The van der Waals surface area contributed by atoms with Crippen LogP contribution in [0.1, 0.15) is 35.2 Å². The summed E-state index contributed by atoms with van der Waals surface area (Å²) in [6, 6.07) is 13.1. The van der Waals surface area contributed by atoms with Crippen LogP contribution < -0.4 is 14.8 Å². The molecule has 0 aliphatic carbocycles. The molecular weight excluding hydrogens is 400 g/mol. The van der Waals surface area contributed by atoms with E-state index in [9.17, 15) is 9.59 Å². The molecule has 0 unspecified atom stereocenters. The summed E-state index contributed by atoms with van der Waals surface area (Å²) in [6.07, 6.45) is 2.54. The molecule has 160 valence electrons. The number of thiol groups is 1. The van der Waals surface area contributed by atoms with Gasteiger partial charge in [-0.3, -0.25) is 9.59 Å². The Kier molecular flexibility index (Phi) is 7.63. The van der Waals surface area contributed by atoms with Crippen molar-refractivity contribution in [1.82, 2.24) is 10.2 Å². The molecule has 6 nitrogen and oxygen atoms in total. The SMILES string of the molecule is COc1ccc(CCC(=O)NC2CCN(C(=O)c3ccccc3S)CC2)cc1OC. The molecule has 1 aliphatic heterocycles. The van der Waals surface area contributed by atoms with E-state index in [1.165, 1.54) is 0 Å². The van der Waals surface area contributed by atoms with E-state index >= 15 is 0 Å². The van der Waals surface area contributed by atoms with Crippen molar-refractivity contribution in [2.24, 2.45) is 0 Å². The number of rotatable bonds is 7. The summed E-state index contributed by atoms with van der Waals surface area (Å²) in [5.74, 6) is 1.36. The third kappa shape index (κ3) is 5.48. The van der Waals surface area contributed by atoms with Crippen LogP contribution in [-0.2, 0) is 11.2 Å². The fourth-order valence-corrected chi connectivity index (χ4v) is 3.90. The van der Waals surface area contributed by atoms with Crippen LogP contribution in [0.15, 0.2) is 47.4 Å². The lowest BCUT2D eigenvalue weighted by atomic mass is 10.0. The zero-order valence-electron chi connectivity index (χ0n) is 17.4. The Morgan fingerprint density at radius 3 is 2.43 bits per heavy atom.